The van der Waals surface area contributed by atoms with Gasteiger partial charge in [0.05, 0.1) is 17.2 Å². The average Bonchev–Trinajstić information content (AvgIpc) is 3.07. The molecule has 1 aromatic heterocycles. The van der Waals surface area contributed by atoms with Gasteiger partial charge < -0.3 is 9.32 Å². The SMILES string of the molecule is CC(=O)N1CCCc2cc(S(=O)(=O)N[C@H](C)c3ccco3)ccc21. The summed E-state index contributed by atoms with van der Waals surface area (Å²) >= 11 is 0. The maximum Gasteiger partial charge on any atom is 0.241 e. The fourth-order valence-electron chi connectivity index (χ4n) is 2.96. The van der Waals surface area contributed by atoms with Crippen molar-refractivity contribution in [2.75, 3.05) is 11.4 Å². The van der Waals surface area contributed by atoms with E-state index < -0.39 is 16.1 Å². The van der Waals surface area contributed by atoms with Gasteiger partial charge in [-0.05, 0) is 55.7 Å². The summed E-state index contributed by atoms with van der Waals surface area (Å²) in [6.07, 6.45) is 3.10. The van der Waals surface area contributed by atoms with Crippen LogP contribution in [0.15, 0.2) is 45.9 Å². The van der Waals surface area contributed by atoms with E-state index in [-0.39, 0.29) is 10.8 Å². The number of nitrogens with one attached hydrogen (secondary N) is 1. The van der Waals surface area contributed by atoms with Crippen molar-refractivity contribution in [3.8, 4) is 0 Å². The summed E-state index contributed by atoms with van der Waals surface area (Å²) in [6.45, 7) is 3.92. The Bertz CT molecular complexity index is 843. The lowest BCUT2D eigenvalue weighted by Gasteiger charge is -2.29. The Kier molecular flexibility index (Phi) is 4.47. The summed E-state index contributed by atoms with van der Waals surface area (Å²) in [5, 5.41) is 0. The topological polar surface area (TPSA) is 79.6 Å². The Balaban J connectivity index is 1.88. The molecule has 3 rings (SSSR count). The molecule has 0 bridgehead atoms. The second kappa shape index (κ2) is 6.41. The van der Waals surface area contributed by atoms with Crippen molar-refractivity contribution in [2.24, 2.45) is 0 Å². The first kappa shape index (κ1) is 16.7. The van der Waals surface area contributed by atoms with E-state index in [2.05, 4.69) is 4.72 Å². The van der Waals surface area contributed by atoms with Gasteiger partial charge in [0.2, 0.25) is 15.9 Å². The van der Waals surface area contributed by atoms with Crippen LogP contribution in [0.1, 0.15) is 37.6 Å². The van der Waals surface area contributed by atoms with Gasteiger partial charge in [0, 0.05) is 19.2 Å². The van der Waals surface area contributed by atoms with E-state index in [1.54, 1.807) is 36.1 Å². The molecule has 1 amide bonds. The quantitative estimate of drug-likeness (QED) is 0.921. The molecule has 2 aromatic rings. The number of nitrogens with zero attached hydrogens (tertiary/aromatic N) is 1. The van der Waals surface area contributed by atoms with Crippen molar-refractivity contribution < 1.29 is 17.6 Å². The van der Waals surface area contributed by atoms with Crippen molar-refractivity contribution in [1.29, 1.82) is 0 Å². The molecule has 24 heavy (non-hydrogen) atoms. The molecule has 1 N–H and O–H groups in total. The minimum absolute atomic E-state index is 0.0314. The van der Waals surface area contributed by atoms with E-state index in [1.807, 2.05) is 0 Å². The molecule has 0 spiro atoms. The summed E-state index contributed by atoms with van der Waals surface area (Å²) in [5.74, 6) is 0.524. The van der Waals surface area contributed by atoms with E-state index in [4.69, 9.17) is 4.42 Å². The minimum Gasteiger partial charge on any atom is -0.468 e. The summed E-state index contributed by atoms with van der Waals surface area (Å²) in [7, 11) is -3.67. The zero-order valence-electron chi connectivity index (χ0n) is 13.7. The van der Waals surface area contributed by atoms with Gasteiger partial charge in [-0.25, -0.2) is 13.1 Å². The second-order valence-electron chi connectivity index (χ2n) is 5.92. The number of benzene rings is 1. The lowest BCUT2D eigenvalue weighted by molar-refractivity contribution is -0.116. The number of furan rings is 1. The Labute approximate surface area is 141 Å². The Morgan fingerprint density at radius 1 is 1.33 bits per heavy atom. The molecule has 0 saturated heterocycles. The lowest BCUT2D eigenvalue weighted by Crippen LogP contribution is -2.34. The number of sulfonamides is 1. The molecule has 1 aliphatic rings. The van der Waals surface area contributed by atoms with Crippen LogP contribution in [-0.4, -0.2) is 20.9 Å². The van der Waals surface area contributed by atoms with Gasteiger partial charge in [0.1, 0.15) is 5.76 Å². The normalized spacial score (nSPS) is 15.8. The zero-order valence-corrected chi connectivity index (χ0v) is 14.5. The van der Waals surface area contributed by atoms with Crippen molar-refractivity contribution in [3.05, 3.63) is 47.9 Å². The number of fused-ring (bicyclic) bond motifs is 1. The molecule has 2 heterocycles. The van der Waals surface area contributed by atoms with Crippen molar-refractivity contribution >= 4 is 21.6 Å². The van der Waals surface area contributed by atoms with Gasteiger partial charge >= 0.3 is 0 Å². The average molecular weight is 348 g/mol. The van der Waals surface area contributed by atoms with Crippen molar-refractivity contribution in [3.63, 3.8) is 0 Å². The van der Waals surface area contributed by atoms with Gasteiger partial charge in [0.15, 0.2) is 0 Å². The van der Waals surface area contributed by atoms with Gasteiger partial charge in [-0.2, -0.15) is 0 Å². The molecular formula is C17H20N2O4S. The number of rotatable bonds is 4. The van der Waals surface area contributed by atoms with Crippen LogP contribution in [0.4, 0.5) is 5.69 Å². The minimum atomic E-state index is -3.67. The van der Waals surface area contributed by atoms with Gasteiger partial charge in [-0.15, -0.1) is 0 Å². The number of aryl methyl sites for hydroxylation is 1. The van der Waals surface area contributed by atoms with Crippen LogP contribution in [-0.2, 0) is 21.2 Å². The van der Waals surface area contributed by atoms with Gasteiger partial charge in [-0.3, -0.25) is 4.79 Å². The molecule has 0 saturated carbocycles. The molecule has 0 unspecified atom stereocenters. The molecule has 6 nitrogen and oxygen atoms in total. The summed E-state index contributed by atoms with van der Waals surface area (Å²) in [4.78, 5) is 13.6. The number of anilines is 1. The van der Waals surface area contributed by atoms with Crippen molar-refractivity contribution in [2.45, 2.75) is 37.6 Å². The fraction of sp³-hybridized carbons (Fsp3) is 0.353. The third-order valence-corrected chi connectivity index (χ3v) is 5.70. The van der Waals surface area contributed by atoms with Crippen LogP contribution in [0.2, 0.25) is 0 Å². The maximum atomic E-state index is 12.6. The Morgan fingerprint density at radius 2 is 2.12 bits per heavy atom. The predicted octanol–water partition coefficient (Wildman–Crippen LogP) is 2.62. The first-order chi connectivity index (χ1) is 11.4. The first-order valence-electron chi connectivity index (χ1n) is 7.85. The van der Waals surface area contributed by atoms with E-state index >= 15 is 0 Å². The molecule has 128 valence electrons. The Hall–Kier alpha value is -2.12. The molecule has 1 aliphatic heterocycles. The molecule has 0 radical (unpaired) electrons. The number of hydrogen-bond acceptors (Lipinski definition) is 4. The summed E-state index contributed by atoms with van der Waals surface area (Å²) in [6, 6.07) is 7.89. The standard InChI is InChI=1S/C17H20N2O4S/c1-12(17-6-4-10-23-17)18-24(21,22)15-7-8-16-14(11-15)5-3-9-19(16)13(2)20/h4,6-8,10-12,18H,3,5,9H2,1-2H3/t12-/m1/s1. The maximum absolute atomic E-state index is 12.6. The molecule has 7 heteroatoms. The van der Waals surface area contributed by atoms with E-state index in [0.29, 0.717) is 12.3 Å². The van der Waals surface area contributed by atoms with Crippen LogP contribution in [0.25, 0.3) is 0 Å². The number of amides is 1. The molecule has 0 fully saturated rings. The molecule has 0 aliphatic carbocycles. The van der Waals surface area contributed by atoms with Crippen LogP contribution in [0, 0.1) is 0 Å². The van der Waals surface area contributed by atoms with E-state index in [9.17, 15) is 13.2 Å². The second-order valence-corrected chi connectivity index (χ2v) is 7.64. The third-order valence-electron chi connectivity index (χ3n) is 4.16. The third kappa shape index (κ3) is 3.22. The van der Waals surface area contributed by atoms with Crippen molar-refractivity contribution in [1.82, 2.24) is 4.72 Å². The van der Waals surface area contributed by atoms with E-state index in [0.717, 1.165) is 24.1 Å². The predicted molar refractivity (Wildman–Crippen MR) is 90.2 cm³/mol. The smallest absolute Gasteiger partial charge is 0.241 e. The van der Waals surface area contributed by atoms with E-state index in [1.165, 1.54) is 19.3 Å². The van der Waals surface area contributed by atoms with Crippen LogP contribution < -0.4 is 9.62 Å². The number of hydrogen-bond donors (Lipinski definition) is 1. The molecular weight excluding hydrogens is 328 g/mol. The number of carbonyl (C=O) groups excluding carboxylic acids is 1. The highest BCUT2D eigenvalue weighted by molar-refractivity contribution is 7.89. The number of carbonyl (C=O) groups is 1. The largest absolute Gasteiger partial charge is 0.468 e. The molecule has 1 aromatic carbocycles. The van der Waals surface area contributed by atoms with Gasteiger partial charge in [-0.1, -0.05) is 0 Å². The van der Waals surface area contributed by atoms with Crippen LogP contribution >= 0.6 is 0 Å². The summed E-state index contributed by atoms with van der Waals surface area (Å²) < 4.78 is 33.1. The monoisotopic (exact) mass is 348 g/mol. The first-order valence-corrected chi connectivity index (χ1v) is 9.33. The van der Waals surface area contributed by atoms with Crippen LogP contribution in [0.5, 0.6) is 0 Å². The van der Waals surface area contributed by atoms with Crippen LogP contribution in [0.3, 0.4) is 0 Å². The fourth-order valence-corrected chi connectivity index (χ4v) is 4.23. The Morgan fingerprint density at radius 3 is 2.79 bits per heavy atom. The highest BCUT2D eigenvalue weighted by Gasteiger charge is 2.24. The highest BCUT2D eigenvalue weighted by atomic mass is 32.2. The zero-order chi connectivity index (χ0) is 17.3. The molecule has 1 atom stereocenters. The highest BCUT2D eigenvalue weighted by Crippen LogP contribution is 2.30. The van der Waals surface area contributed by atoms with Gasteiger partial charge in [0.25, 0.3) is 0 Å². The lowest BCUT2D eigenvalue weighted by atomic mass is 10.0. The summed E-state index contributed by atoms with van der Waals surface area (Å²) in [5.41, 5.74) is 1.68.